The summed E-state index contributed by atoms with van der Waals surface area (Å²) in [6, 6.07) is 19.4. The van der Waals surface area contributed by atoms with Crippen molar-refractivity contribution in [2.45, 2.75) is 6.92 Å². The van der Waals surface area contributed by atoms with Gasteiger partial charge in [-0.15, -0.1) is 0 Å². The van der Waals surface area contributed by atoms with E-state index < -0.39 is 0 Å². The largest absolute Gasteiger partial charge is 0.145 e. The Bertz CT molecular complexity index is 439. The molecule has 0 saturated heterocycles. The van der Waals surface area contributed by atoms with E-state index >= 15 is 0 Å². The van der Waals surface area contributed by atoms with Crippen LogP contribution in [-0.2, 0) is 0 Å². The van der Waals surface area contributed by atoms with E-state index in [1.165, 1.54) is 16.2 Å². The quantitative estimate of drug-likeness (QED) is 0.527. The van der Waals surface area contributed by atoms with E-state index in [1.54, 1.807) is 0 Å². The Labute approximate surface area is 93.5 Å². The summed E-state index contributed by atoms with van der Waals surface area (Å²) in [5.41, 5.74) is 1.40. The maximum atomic E-state index is 2.33. The van der Waals surface area contributed by atoms with Crippen LogP contribution >= 0.6 is 7.80 Å². The number of rotatable bonds is 2. The minimum absolute atomic E-state index is 0.192. The summed E-state index contributed by atoms with van der Waals surface area (Å²) in [7, 11) is 2.13. The highest BCUT2D eigenvalue weighted by Crippen LogP contribution is 2.28. The molecule has 0 aliphatic heterocycles. The van der Waals surface area contributed by atoms with Gasteiger partial charge in [0, 0.05) is 0 Å². The zero-order valence-electron chi connectivity index (χ0n) is 9.14. The molecule has 1 atom stereocenters. The molecule has 0 aliphatic carbocycles. The van der Waals surface area contributed by atoms with Crippen molar-refractivity contribution in [2.24, 2.45) is 0 Å². The van der Waals surface area contributed by atoms with Crippen molar-refractivity contribution in [3.63, 3.8) is 0 Å². The first-order chi connectivity index (χ1) is 7.29. The lowest BCUT2D eigenvalue weighted by molar-refractivity contribution is 1.52. The molecule has 0 unspecified atom stereocenters. The van der Waals surface area contributed by atoms with E-state index in [0.717, 1.165) is 0 Å². The highest BCUT2D eigenvalue weighted by Gasteiger charge is 2.08. The van der Waals surface area contributed by atoms with Crippen LogP contribution in [-0.4, -0.2) is 7.57 Å². The van der Waals surface area contributed by atoms with Crippen molar-refractivity contribution in [1.82, 2.24) is 0 Å². The van der Waals surface area contributed by atoms with E-state index in [2.05, 4.69) is 69.1 Å². The Balaban J connectivity index is 2.37. The van der Waals surface area contributed by atoms with Gasteiger partial charge in [0.1, 0.15) is 7.57 Å². The lowest BCUT2D eigenvalue weighted by Crippen LogP contribution is -2.13. The molecular formula is C13H14BP. The second-order valence-electron chi connectivity index (χ2n) is 3.68. The van der Waals surface area contributed by atoms with Crippen molar-refractivity contribution in [1.29, 1.82) is 0 Å². The van der Waals surface area contributed by atoms with Crippen LogP contribution in [0.25, 0.3) is 0 Å². The van der Waals surface area contributed by atoms with Crippen molar-refractivity contribution >= 4 is 26.0 Å². The molecule has 0 fully saturated rings. The van der Waals surface area contributed by atoms with Crippen LogP contribution in [0.15, 0.2) is 54.6 Å². The summed E-state index contributed by atoms with van der Waals surface area (Å²) in [6.07, 6.45) is 0. The molecule has 0 nitrogen and oxygen atoms in total. The molecule has 0 N–H and O–H groups in total. The average Bonchev–Trinajstić information content (AvgIpc) is 2.30. The summed E-state index contributed by atoms with van der Waals surface area (Å²) >= 11 is 0. The fraction of sp³-hybridized carbons (Fsp3) is 0.0769. The number of hydrogen-bond donors (Lipinski definition) is 0. The Hall–Kier alpha value is -1.07. The zero-order valence-corrected chi connectivity index (χ0v) is 10.0. The standard InChI is InChI=1S/C13H14BP/c1-11-7-5-6-10-13(11)15(14)12-8-3-2-4-9-12/h2-10H,14H2,1H3/t15-/m0/s1. The van der Waals surface area contributed by atoms with Crippen LogP contribution in [0.1, 0.15) is 5.56 Å². The van der Waals surface area contributed by atoms with Crippen LogP contribution in [0.5, 0.6) is 0 Å². The predicted octanol–water partition coefficient (Wildman–Crippen LogP) is 1.98. The first-order valence-corrected chi connectivity index (χ1v) is 6.92. The molecule has 2 aromatic carbocycles. The third kappa shape index (κ3) is 2.30. The maximum absolute atomic E-state index is 2.33. The van der Waals surface area contributed by atoms with Crippen LogP contribution in [0.3, 0.4) is 0 Å². The highest BCUT2D eigenvalue weighted by molar-refractivity contribution is 7.94. The third-order valence-electron chi connectivity index (χ3n) is 2.62. The molecule has 0 aromatic heterocycles. The van der Waals surface area contributed by atoms with Gasteiger partial charge >= 0.3 is 0 Å². The van der Waals surface area contributed by atoms with E-state index in [0.29, 0.717) is 0 Å². The average molecular weight is 212 g/mol. The van der Waals surface area contributed by atoms with Crippen molar-refractivity contribution < 1.29 is 0 Å². The minimum atomic E-state index is -0.192. The second kappa shape index (κ2) is 4.64. The molecule has 0 bridgehead atoms. The van der Waals surface area contributed by atoms with Gasteiger partial charge in [-0.2, -0.15) is 0 Å². The van der Waals surface area contributed by atoms with Gasteiger partial charge in [-0.3, -0.25) is 0 Å². The highest BCUT2D eigenvalue weighted by atomic mass is 31.1. The molecule has 0 heterocycles. The molecule has 74 valence electrons. The first-order valence-electron chi connectivity index (χ1n) is 5.13. The summed E-state index contributed by atoms with van der Waals surface area (Å²) < 4.78 is 0. The number of hydrogen-bond acceptors (Lipinski definition) is 0. The summed E-state index contributed by atoms with van der Waals surface area (Å²) in [5.74, 6) is 0. The van der Waals surface area contributed by atoms with Crippen molar-refractivity contribution in [3.8, 4) is 0 Å². The molecule has 2 heteroatoms. The minimum Gasteiger partial charge on any atom is -0.0880 e. The lowest BCUT2D eigenvalue weighted by Gasteiger charge is -2.15. The SMILES string of the molecule is B[P@@](c1ccccc1)c1ccccc1C. The second-order valence-corrected chi connectivity index (χ2v) is 5.80. The van der Waals surface area contributed by atoms with E-state index in [4.69, 9.17) is 0 Å². The molecule has 0 spiro atoms. The molecule has 15 heavy (non-hydrogen) atoms. The van der Waals surface area contributed by atoms with Crippen molar-refractivity contribution in [2.75, 3.05) is 0 Å². The third-order valence-corrected chi connectivity index (χ3v) is 4.92. The van der Waals surface area contributed by atoms with Gasteiger partial charge < -0.3 is 0 Å². The first kappa shape index (κ1) is 10.5. The predicted molar refractivity (Wildman–Crippen MR) is 72.4 cm³/mol. The molecule has 2 aromatic rings. The van der Waals surface area contributed by atoms with E-state index in [-0.39, 0.29) is 7.80 Å². The fourth-order valence-electron chi connectivity index (χ4n) is 1.73. The van der Waals surface area contributed by atoms with Gasteiger partial charge in [0.05, 0.1) is 0 Å². The maximum Gasteiger partial charge on any atom is 0.145 e. The van der Waals surface area contributed by atoms with Crippen LogP contribution in [0.4, 0.5) is 0 Å². The van der Waals surface area contributed by atoms with E-state index in [9.17, 15) is 0 Å². The van der Waals surface area contributed by atoms with Crippen molar-refractivity contribution in [3.05, 3.63) is 60.2 Å². The topological polar surface area (TPSA) is 0 Å². The monoisotopic (exact) mass is 212 g/mol. The Kier molecular flexibility index (Phi) is 3.23. The summed E-state index contributed by atoms with van der Waals surface area (Å²) in [6.45, 7) is 2.19. The van der Waals surface area contributed by atoms with Crippen LogP contribution < -0.4 is 10.6 Å². The Morgan fingerprint density at radius 1 is 0.867 bits per heavy atom. The summed E-state index contributed by atoms with van der Waals surface area (Å²) in [4.78, 5) is 0. The smallest absolute Gasteiger partial charge is 0.0880 e. The number of aryl methyl sites for hydroxylation is 1. The molecule has 0 aliphatic rings. The fourth-order valence-corrected chi connectivity index (χ4v) is 3.54. The molecular weight excluding hydrogens is 198 g/mol. The molecule has 0 saturated carbocycles. The van der Waals surface area contributed by atoms with Gasteiger partial charge in [-0.1, -0.05) is 62.4 Å². The summed E-state index contributed by atoms with van der Waals surface area (Å²) in [5, 5.41) is 2.93. The Morgan fingerprint density at radius 3 is 2.13 bits per heavy atom. The molecule has 0 radical (unpaired) electrons. The van der Waals surface area contributed by atoms with Gasteiger partial charge in [0.15, 0.2) is 0 Å². The van der Waals surface area contributed by atoms with Gasteiger partial charge in [-0.05, 0) is 23.1 Å². The van der Waals surface area contributed by atoms with Gasteiger partial charge in [0.2, 0.25) is 0 Å². The zero-order chi connectivity index (χ0) is 10.7. The normalized spacial score (nSPS) is 12.3. The van der Waals surface area contributed by atoms with Crippen LogP contribution in [0, 0.1) is 6.92 Å². The lowest BCUT2D eigenvalue weighted by atomic mass is 10.2. The van der Waals surface area contributed by atoms with E-state index in [1.807, 2.05) is 0 Å². The molecule has 0 amide bonds. The Morgan fingerprint density at radius 2 is 1.47 bits per heavy atom. The van der Waals surface area contributed by atoms with Crippen LogP contribution in [0.2, 0.25) is 0 Å². The van der Waals surface area contributed by atoms with Gasteiger partial charge in [0.25, 0.3) is 0 Å². The van der Waals surface area contributed by atoms with Gasteiger partial charge in [-0.25, -0.2) is 0 Å². The number of benzene rings is 2. The molecule has 2 rings (SSSR count).